The Morgan fingerprint density at radius 1 is 0.400 bits per heavy atom. The number of aryl methyl sites for hydroxylation is 2. The molecule has 0 unspecified atom stereocenters. The molecule has 0 radical (unpaired) electrons. The predicted octanol–water partition coefficient (Wildman–Crippen LogP) is 7.30. The van der Waals surface area contributed by atoms with E-state index < -0.39 is 0 Å². The summed E-state index contributed by atoms with van der Waals surface area (Å²) in [7, 11) is 0. The Hall–Kier alpha value is -3.78. The summed E-state index contributed by atoms with van der Waals surface area (Å²) in [6.07, 6.45) is 7.38. The second-order valence-corrected chi connectivity index (χ2v) is 7.70. The van der Waals surface area contributed by atoms with Gasteiger partial charge < -0.3 is 0 Å². The summed E-state index contributed by atoms with van der Waals surface area (Å²) >= 11 is 0. The molecule has 4 bridgehead atoms. The van der Waals surface area contributed by atoms with Gasteiger partial charge >= 0.3 is 0 Å². The highest BCUT2D eigenvalue weighted by Crippen LogP contribution is 2.30. The van der Waals surface area contributed by atoms with E-state index in [1.165, 1.54) is 54.9 Å². The number of pyridine rings is 2. The Kier molecular flexibility index (Phi) is 4.61. The van der Waals surface area contributed by atoms with Gasteiger partial charge in [-0.25, -0.2) is 0 Å². The molecule has 30 heavy (non-hydrogen) atoms. The fourth-order valence-electron chi connectivity index (χ4n) is 3.99. The molecule has 144 valence electrons. The summed E-state index contributed by atoms with van der Waals surface area (Å²) < 4.78 is 0. The molecule has 2 aromatic heterocycles. The van der Waals surface area contributed by atoms with Gasteiger partial charge in [-0.05, 0) is 117 Å². The van der Waals surface area contributed by atoms with E-state index in [1.807, 2.05) is 24.8 Å². The van der Waals surface area contributed by atoms with E-state index in [0.717, 1.165) is 0 Å². The fraction of sp³-hybridized carbons (Fsp3) is 0.0714. The summed E-state index contributed by atoms with van der Waals surface area (Å²) in [5, 5.41) is 4.95. The quantitative estimate of drug-likeness (QED) is 0.318. The molecule has 0 saturated heterocycles. The highest BCUT2D eigenvalue weighted by Gasteiger charge is 2.05. The van der Waals surface area contributed by atoms with Crippen LogP contribution in [0, 0.1) is 13.8 Å². The molecule has 0 saturated carbocycles. The lowest BCUT2D eigenvalue weighted by Gasteiger charge is -2.09. The van der Waals surface area contributed by atoms with Crippen molar-refractivity contribution in [3.05, 3.63) is 109 Å². The van der Waals surface area contributed by atoms with Crippen molar-refractivity contribution in [2.75, 3.05) is 0 Å². The van der Waals surface area contributed by atoms with Crippen molar-refractivity contribution in [3.8, 4) is 22.3 Å². The van der Waals surface area contributed by atoms with Crippen molar-refractivity contribution in [1.29, 1.82) is 0 Å². The lowest BCUT2D eigenvalue weighted by Crippen LogP contribution is -1.85. The number of benzene rings is 2. The Labute approximate surface area is 176 Å². The topological polar surface area (TPSA) is 25.8 Å². The molecule has 0 amide bonds. The minimum absolute atomic E-state index is 1.18. The minimum Gasteiger partial charge on any atom is -0.265 e. The molecule has 2 nitrogen and oxygen atoms in total. The second-order valence-electron chi connectivity index (χ2n) is 7.70. The molecule has 3 aromatic carbocycles. The van der Waals surface area contributed by atoms with E-state index in [9.17, 15) is 0 Å². The Balaban J connectivity index is 1.81. The molecule has 5 rings (SSSR count). The zero-order valence-corrected chi connectivity index (χ0v) is 17.1. The average molecular weight is 386 g/mol. The van der Waals surface area contributed by atoms with Crippen LogP contribution >= 0.6 is 0 Å². The van der Waals surface area contributed by atoms with Crippen LogP contribution in [0.3, 0.4) is 0 Å². The highest BCUT2D eigenvalue weighted by atomic mass is 14.6. The number of hydrogen-bond donors (Lipinski definition) is 0. The lowest BCUT2D eigenvalue weighted by atomic mass is 9.96. The molecule has 0 spiro atoms. The first kappa shape index (κ1) is 18.3. The maximum atomic E-state index is 4.16. The van der Waals surface area contributed by atoms with Crippen molar-refractivity contribution in [1.82, 2.24) is 9.97 Å². The van der Waals surface area contributed by atoms with E-state index in [2.05, 4.69) is 96.6 Å². The lowest BCUT2D eigenvalue weighted by molar-refractivity contribution is 1.33. The van der Waals surface area contributed by atoms with Gasteiger partial charge in [0.15, 0.2) is 0 Å². The van der Waals surface area contributed by atoms with Gasteiger partial charge in [-0.1, -0.05) is 24.3 Å². The van der Waals surface area contributed by atoms with Gasteiger partial charge in [0.1, 0.15) is 0 Å². The summed E-state index contributed by atoms with van der Waals surface area (Å²) in [5.41, 5.74) is 7.36. The molecular weight excluding hydrogens is 364 g/mol. The van der Waals surface area contributed by atoms with Crippen molar-refractivity contribution in [2.45, 2.75) is 13.8 Å². The van der Waals surface area contributed by atoms with E-state index in [4.69, 9.17) is 0 Å². The standard InChI is InChI=1S/C28H22N2/c1-19-23-3-5-25-17-28(22-9-13-30-14-10-22)18-26(20(25)2)6-4-24(19)16-27(15-23)21-7-11-29-12-8-21/h3-18H,1-2H3. The Morgan fingerprint density at radius 2 is 0.700 bits per heavy atom. The first-order chi connectivity index (χ1) is 14.7. The Morgan fingerprint density at radius 3 is 1.00 bits per heavy atom. The van der Waals surface area contributed by atoms with Crippen LogP contribution < -0.4 is 0 Å². The van der Waals surface area contributed by atoms with Crippen LogP contribution in [0.1, 0.15) is 11.1 Å². The SMILES string of the molecule is Cc1c2ccc3cc(-c4ccncc4)cc(ccc1cc(-c1ccncc1)c2)c3C. The molecule has 0 aliphatic carbocycles. The van der Waals surface area contributed by atoms with E-state index in [0.29, 0.717) is 0 Å². The molecule has 0 fully saturated rings. The molecule has 0 N–H and O–H groups in total. The highest BCUT2D eigenvalue weighted by molar-refractivity contribution is 5.88. The molecule has 2 heteroatoms. The largest absolute Gasteiger partial charge is 0.265 e. The zero-order valence-electron chi connectivity index (χ0n) is 17.1. The maximum Gasteiger partial charge on any atom is 0.0273 e. The predicted molar refractivity (Wildman–Crippen MR) is 126 cm³/mol. The first-order valence-electron chi connectivity index (χ1n) is 10.2. The molecule has 0 atom stereocenters. The number of aromatic nitrogens is 2. The van der Waals surface area contributed by atoms with Gasteiger partial charge in [-0.3, -0.25) is 9.97 Å². The number of fused-ring (bicyclic) bond motifs is 4. The molecule has 0 aliphatic rings. The third-order valence-electron chi connectivity index (χ3n) is 5.89. The van der Waals surface area contributed by atoms with Crippen LogP contribution in [-0.2, 0) is 0 Å². The summed E-state index contributed by atoms with van der Waals surface area (Å²) in [4.78, 5) is 8.31. The molecule has 5 aromatic rings. The molecule has 0 aliphatic heterocycles. The van der Waals surface area contributed by atoms with Crippen LogP contribution in [0.25, 0.3) is 43.8 Å². The first-order valence-corrected chi connectivity index (χ1v) is 10.2. The van der Waals surface area contributed by atoms with Gasteiger partial charge in [0, 0.05) is 24.8 Å². The Bertz CT molecular complexity index is 1220. The third kappa shape index (κ3) is 3.37. The second kappa shape index (κ2) is 7.57. The van der Waals surface area contributed by atoms with E-state index >= 15 is 0 Å². The van der Waals surface area contributed by atoms with Crippen LogP contribution in [0.4, 0.5) is 0 Å². The number of hydrogen-bond acceptors (Lipinski definition) is 2. The van der Waals surface area contributed by atoms with Crippen molar-refractivity contribution in [3.63, 3.8) is 0 Å². The van der Waals surface area contributed by atoms with Gasteiger partial charge in [-0.15, -0.1) is 0 Å². The van der Waals surface area contributed by atoms with Gasteiger partial charge in [-0.2, -0.15) is 0 Å². The summed E-state index contributed by atoms with van der Waals surface area (Å²) in [6, 6.07) is 26.3. The number of nitrogens with zero attached hydrogens (tertiary/aromatic N) is 2. The van der Waals surface area contributed by atoms with Crippen molar-refractivity contribution >= 4 is 21.5 Å². The van der Waals surface area contributed by atoms with E-state index in [-0.39, 0.29) is 0 Å². The smallest absolute Gasteiger partial charge is 0.0273 e. The van der Waals surface area contributed by atoms with Gasteiger partial charge in [0.05, 0.1) is 0 Å². The molecule has 2 heterocycles. The van der Waals surface area contributed by atoms with Crippen LogP contribution in [0.2, 0.25) is 0 Å². The van der Waals surface area contributed by atoms with Crippen molar-refractivity contribution in [2.24, 2.45) is 0 Å². The fourth-order valence-corrected chi connectivity index (χ4v) is 3.99. The monoisotopic (exact) mass is 386 g/mol. The third-order valence-corrected chi connectivity index (χ3v) is 5.89. The molecular formula is C28H22N2. The average Bonchev–Trinajstić information content (AvgIpc) is 2.79. The number of rotatable bonds is 2. The van der Waals surface area contributed by atoms with Gasteiger partial charge in [0.25, 0.3) is 0 Å². The van der Waals surface area contributed by atoms with E-state index in [1.54, 1.807) is 0 Å². The van der Waals surface area contributed by atoms with Gasteiger partial charge in [0.2, 0.25) is 0 Å². The normalized spacial score (nSPS) is 11.0. The zero-order chi connectivity index (χ0) is 20.5. The minimum atomic E-state index is 1.18. The van der Waals surface area contributed by atoms with Crippen LogP contribution in [0.5, 0.6) is 0 Å². The summed E-state index contributed by atoms with van der Waals surface area (Å²) in [5.74, 6) is 0. The van der Waals surface area contributed by atoms with Crippen LogP contribution in [0.15, 0.2) is 97.6 Å². The maximum absolute atomic E-state index is 4.16. The summed E-state index contributed by atoms with van der Waals surface area (Å²) in [6.45, 7) is 4.39. The van der Waals surface area contributed by atoms with Crippen molar-refractivity contribution < 1.29 is 0 Å². The van der Waals surface area contributed by atoms with Crippen LogP contribution in [-0.4, -0.2) is 9.97 Å².